The van der Waals surface area contributed by atoms with Crippen LogP contribution in [-0.4, -0.2) is 42.6 Å². The Morgan fingerprint density at radius 1 is 1.17 bits per heavy atom. The molecule has 1 aromatic heterocycles. The van der Waals surface area contributed by atoms with Gasteiger partial charge in [-0.3, -0.25) is 9.59 Å². The molecule has 0 fully saturated rings. The molecule has 23 heavy (non-hydrogen) atoms. The van der Waals surface area contributed by atoms with Crippen molar-refractivity contribution < 1.29 is 19.4 Å². The summed E-state index contributed by atoms with van der Waals surface area (Å²) >= 11 is 1.44. The number of fused-ring (bicyclic) bond motifs is 1. The quantitative estimate of drug-likeness (QED) is 0.748. The number of carbonyl (C=O) groups excluding carboxylic acids is 1. The van der Waals surface area contributed by atoms with Gasteiger partial charge in [-0.15, -0.1) is 11.3 Å². The van der Waals surface area contributed by atoms with Crippen molar-refractivity contribution in [1.29, 1.82) is 0 Å². The van der Waals surface area contributed by atoms with Gasteiger partial charge in [-0.2, -0.15) is 0 Å². The molecule has 0 aliphatic rings. The van der Waals surface area contributed by atoms with Gasteiger partial charge in [-0.05, 0) is 31.4 Å². The van der Waals surface area contributed by atoms with Crippen LogP contribution >= 0.6 is 11.3 Å². The second-order valence-electron chi connectivity index (χ2n) is 5.51. The molecule has 2 aromatic rings. The number of benzene rings is 1. The molecule has 0 saturated carbocycles. The van der Waals surface area contributed by atoms with Gasteiger partial charge >= 0.3 is 5.97 Å². The minimum Gasteiger partial charge on any atom is -0.491 e. The number of carboxylic acids is 1. The zero-order valence-electron chi connectivity index (χ0n) is 13.4. The van der Waals surface area contributed by atoms with Gasteiger partial charge in [0, 0.05) is 30.6 Å². The van der Waals surface area contributed by atoms with E-state index in [2.05, 4.69) is 0 Å². The van der Waals surface area contributed by atoms with E-state index in [0.29, 0.717) is 23.7 Å². The molecule has 1 heterocycles. The normalized spacial score (nSPS) is 10.7. The van der Waals surface area contributed by atoms with Crippen LogP contribution in [-0.2, 0) is 4.79 Å². The van der Waals surface area contributed by atoms with Crippen molar-refractivity contribution in [2.45, 2.75) is 25.7 Å². The van der Waals surface area contributed by atoms with E-state index < -0.39 is 5.97 Å². The zero-order chi connectivity index (χ0) is 16.8. The summed E-state index contributed by atoms with van der Waals surface area (Å²) in [7, 11) is 3.45. The summed E-state index contributed by atoms with van der Waals surface area (Å²) in [5.74, 6) is -0.191. The molecule has 0 bridgehead atoms. The highest BCUT2D eigenvalue weighted by Gasteiger charge is 2.20. The number of hydrogen-bond donors (Lipinski definition) is 1. The Labute approximate surface area is 139 Å². The summed E-state index contributed by atoms with van der Waals surface area (Å²) in [6, 6.07) is 7.81. The largest absolute Gasteiger partial charge is 0.491 e. The Bertz CT molecular complexity index is 693. The monoisotopic (exact) mass is 335 g/mol. The smallest absolute Gasteiger partial charge is 0.303 e. The van der Waals surface area contributed by atoms with Crippen molar-refractivity contribution in [3.8, 4) is 5.75 Å². The summed E-state index contributed by atoms with van der Waals surface area (Å²) < 4.78 is 6.91. The van der Waals surface area contributed by atoms with E-state index in [1.807, 2.05) is 24.3 Å². The third-order valence-corrected chi connectivity index (χ3v) is 4.57. The summed E-state index contributed by atoms with van der Waals surface area (Å²) in [5.41, 5.74) is 0. The van der Waals surface area contributed by atoms with Crippen molar-refractivity contribution in [1.82, 2.24) is 4.90 Å². The predicted molar refractivity (Wildman–Crippen MR) is 91.4 cm³/mol. The van der Waals surface area contributed by atoms with Crippen LogP contribution < -0.4 is 4.74 Å². The van der Waals surface area contributed by atoms with Gasteiger partial charge in [-0.25, -0.2) is 0 Å². The Hall–Kier alpha value is -2.08. The molecule has 1 amide bonds. The number of ether oxygens (including phenoxy) is 1. The molecule has 0 atom stereocenters. The van der Waals surface area contributed by atoms with Crippen LogP contribution in [0.25, 0.3) is 10.1 Å². The summed E-state index contributed by atoms with van der Waals surface area (Å²) in [6.07, 6.45) is 2.40. The number of nitrogens with zero attached hydrogens (tertiary/aromatic N) is 1. The van der Waals surface area contributed by atoms with Gasteiger partial charge in [0.1, 0.15) is 4.88 Å². The highest BCUT2D eigenvalue weighted by Crippen LogP contribution is 2.38. The third kappa shape index (κ3) is 4.45. The number of hydrogen-bond acceptors (Lipinski definition) is 4. The first-order valence-corrected chi connectivity index (χ1v) is 8.40. The van der Waals surface area contributed by atoms with E-state index in [9.17, 15) is 9.59 Å². The summed E-state index contributed by atoms with van der Waals surface area (Å²) in [6.45, 7) is 0.480. The number of carboxylic acid groups (broad SMARTS) is 1. The van der Waals surface area contributed by atoms with E-state index in [4.69, 9.17) is 9.84 Å². The second-order valence-corrected chi connectivity index (χ2v) is 6.56. The van der Waals surface area contributed by atoms with Crippen LogP contribution in [0.3, 0.4) is 0 Å². The maximum atomic E-state index is 12.3. The van der Waals surface area contributed by atoms with Gasteiger partial charge in [0.25, 0.3) is 5.91 Å². The lowest BCUT2D eigenvalue weighted by Crippen LogP contribution is -2.21. The highest BCUT2D eigenvalue weighted by molar-refractivity contribution is 7.21. The molecular formula is C17H21NO4S. The predicted octanol–water partition coefficient (Wildman–Crippen LogP) is 3.63. The Morgan fingerprint density at radius 2 is 1.91 bits per heavy atom. The first kappa shape index (κ1) is 17.3. The van der Waals surface area contributed by atoms with Crippen LogP contribution in [0.2, 0.25) is 0 Å². The average Bonchev–Trinajstić information content (AvgIpc) is 2.88. The molecule has 0 radical (unpaired) electrons. The lowest BCUT2D eigenvalue weighted by atomic mass is 10.2. The SMILES string of the molecule is CN(C)C(=O)c1sc2ccccc2c1OCCCCCC(=O)O. The van der Waals surface area contributed by atoms with Crippen LogP contribution in [0.5, 0.6) is 5.75 Å². The second kappa shape index (κ2) is 7.97. The van der Waals surface area contributed by atoms with E-state index in [1.165, 1.54) is 11.3 Å². The Morgan fingerprint density at radius 3 is 2.61 bits per heavy atom. The molecule has 1 N–H and O–H groups in total. The average molecular weight is 335 g/mol. The lowest BCUT2D eigenvalue weighted by Gasteiger charge is -2.11. The van der Waals surface area contributed by atoms with E-state index >= 15 is 0 Å². The Balaban J connectivity index is 2.07. The maximum Gasteiger partial charge on any atom is 0.303 e. The molecule has 6 heteroatoms. The number of carbonyl (C=O) groups is 2. The number of amides is 1. The Kier molecular flexibility index (Phi) is 5.98. The van der Waals surface area contributed by atoms with Crippen molar-refractivity contribution >= 4 is 33.3 Å². The highest BCUT2D eigenvalue weighted by atomic mass is 32.1. The van der Waals surface area contributed by atoms with Gasteiger partial charge in [-0.1, -0.05) is 12.1 Å². The number of rotatable bonds is 8. The van der Waals surface area contributed by atoms with Crippen LogP contribution in [0.15, 0.2) is 24.3 Å². The van der Waals surface area contributed by atoms with Crippen LogP contribution in [0, 0.1) is 0 Å². The third-order valence-electron chi connectivity index (χ3n) is 3.43. The molecule has 0 aliphatic heterocycles. The molecule has 0 unspecified atom stereocenters. The minimum absolute atomic E-state index is 0.0629. The molecular weight excluding hydrogens is 314 g/mol. The summed E-state index contributed by atoms with van der Waals surface area (Å²) in [4.78, 5) is 25.0. The first-order chi connectivity index (χ1) is 11.0. The lowest BCUT2D eigenvalue weighted by molar-refractivity contribution is -0.137. The van der Waals surface area contributed by atoms with Gasteiger partial charge < -0.3 is 14.7 Å². The van der Waals surface area contributed by atoms with E-state index in [1.54, 1.807) is 19.0 Å². The fourth-order valence-corrected chi connectivity index (χ4v) is 3.41. The molecule has 5 nitrogen and oxygen atoms in total. The van der Waals surface area contributed by atoms with E-state index in [0.717, 1.165) is 22.9 Å². The molecule has 0 aliphatic carbocycles. The van der Waals surface area contributed by atoms with Crippen LogP contribution in [0.1, 0.15) is 35.4 Å². The number of thiophene rings is 1. The van der Waals surface area contributed by atoms with Gasteiger partial charge in [0.2, 0.25) is 0 Å². The van der Waals surface area contributed by atoms with Crippen molar-refractivity contribution in [2.24, 2.45) is 0 Å². The molecule has 1 aromatic carbocycles. The number of aliphatic carboxylic acids is 1. The number of unbranched alkanes of at least 4 members (excludes halogenated alkanes) is 2. The summed E-state index contributed by atoms with van der Waals surface area (Å²) in [5, 5.41) is 9.57. The fraction of sp³-hybridized carbons (Fsp3) is 0.412. The standard InChI is InChI=1S/C17H21NO4S/c1-18(2)17(21)16-15(12-8-5-6-9-13(12)23-16)22-11-7-3-4-10-14(19)20/h5-6,8-9H,3-4,7,10-11H2,1-2H3,(H,19,20). The minimum atomic E-state index is -0.770. The zero-order valence-corrected chi connectivity index (χ0v) is 14.2. The van der Waals surface area contributed by atoms with Crippen molar-refractivity contribution in [3.63, 3.8) is 0 Å². The molecule has 0 saturated heterocycles. The molecule has 0 spiro atoms. The topological polar surface area (TPSA) is 66.8 Å². The fourth-order valence-electron chi connectivity index (χ4n) is 2.24. The van der Waals surface area contributed by atoms with Gasteiger partial charge in [0.05, 0.1) is 6.61 Å². The van der Waals surface area contributed by atoms with Crippen LogP contribution in [0.4, 0.5) is 0 Å². The first-order valence-electron chi connectivity index (χ1n) is 7.58. The van der Waals surface area contributed by atoms with E-state index in [-0.39, 0.29) is 12.3 Å². The molecule has 2 rings (SSSR count). The maximum absolute atomic E-state index is 12.3. The van der Waals surface area contributed by atoms with Crippen molar-refractivity contribution in [3.05, 3.63) is 29.1 Å². The van der Waals surface area contributed by atoms with Crippen molar-refractivity contribution in [2.75, 3.05) is 20.7 Å². The molecule has 124 valence electrons. The van der Waals surface area contributed by atoms with Gasteiger partial charge in [0.15, 0.2) is 5.75 Å².